The van der Waals surface area contributed by atoms with E-state index in [0.717, 1.165) is 18.5 Å². The van der Waals surface area contributed by atoms with E-state index < -0.39 is 5.82 Å². The van der Waals surface area contributed by atoms with Crippen molar-refractivity contribution in [2.75, 3.05) is 13.1 Å². The molecule has 3 aromatic rings. The number of ether oxygens (including phenoxy) is 1. The molecular weight excluding hydrogens is 364 g/mol. The maximum absolute atomic E-state index is 13.4. The fourth-order valence-electron chi connectivity index (χ4n) is 3.45. The molecule has 7 heteroatoms. The number of piperidine rings is 1. The van der Waals surface area contributed by atoms with Crippen LogP contribution in [0.4, 0.5) is 8.78 Å². The Kier molecular flexibility index (Phi) is 5.06. The normalized spacial score (nSPS) is 16.8. The third kappa shape index (κ3) is 4.03. The van der Waals surface area contributed by atoms with Gasteiger partial charge in [0.05, 0.1) is 0 Å². The summed E-state index contributed by atoms with van der Waals surface area (Å²) < 4.78 is 32.3. The second-order valence-electron chi connectivity index (χ2n) is 6.82. The molecule has 0 spiro atoms. The lowest BCUT2D eigenvalue weighted by Crippen LogP contribution is -2.39. The van der Waals surface area contributed by atoms with Crippen LogP contribution in [0.3, 0.4) is 0 Å². The Bertz CT molecular complexity index is 989. The fraction of sp³-hybridized carbons (Fsp3) is 0.238. The lowest BCUT2D eigenvalue weighted by molar-refractivity contribution is 0.0705. The number of rotatable bonds is 4. The molecule has 144 valence electrons. The summed E-state index contributed by atoms with van der Waals surface area (Å²) in [6, 6.07) is 13.3. The van der Waals surface area contributed by atoms with Crippen LogP contribution >= 0.6 is 0 Å². The number of hydrogen-bond acceptors (Lipinski definition) is 3. The van der Waals surface area contributed by atoms with Gasteiger partial charge < -0.3 is 9.64 Å². The molecule has 1 amide bonds. The highest BCUT2D eigenvalue weighted by Crippen LogP contribution is 2.29. The van der Waals surface area contributed by atoms with Crippen molar-refractivity contribution in [1.29, 1.82) is 0 Å². The van der Waals surface area contributed by atoms with E-state index in [1.165, 1.54) is 30.3 Å². The van der Waals surface area contributed by atoms with E-state index in [9.17, 15) is 13.6 Å². The van der Waals surface area contributed by atoms with Gasteiger partial charge in [-0.25, -0.2) is 8.78 Å². The molecule has 5 nitrogen and oxygen atoms in total. The first-order valence-corrected chi connectivity index (χ1v) is 9.12. The van der Waals surface area contributed by atoms with Gasteiger partial charge in [-0.1, -0.05) is 12.1 Å². The van der Waals surface area contributed by atoms with Gasteiger partial charge in [0.1, 0.15) is 17.4 Å². The number of carbonyl (C=O) groups excluding carboxylic acids is 1. The second-order valence-corrected chi connectivity index (χ2v) is 6.82. The molecule has 1 aliphatic rings. The number of aromatic amines is 1. The lowest BCUT2D eigenvalue weighted by Gasteiger charge is -2.32. The number of aromatic nitrogens is 2. The molecule has 4 rings (SSSR count). The molecule has 0 aliphatic carbocycles. The highest BCUT2D eigenvalue weighted by Gasteiger charge is 2.27. The molecule has 0 saturated carbocycles. The zero-order valence-corrected chi connectivity index (χ0v) is 15.1. The largest absolute Gasteiger partial charge is 0.437 e. The number of carbonyl (C=O) groups is 1. The highest BCUT2D eigenvalue weighted by molar-refractivity contribution is 5.94. The number of benzene rings is 2. The van der Waals surface area contributed by atoms with Gasteiger partial charge in [0.25, 0.3) is 5.91 Å². The van der Waals surface area contributed by atoms with Gasteiger partial charge in [0.15, 0.2) is 0 Å². The van der Waals surface area contributed by atoms with Gasteiger partial charge in [-0.05, 0) is 43.2 Å². The molecule has 28 heavy (non-hydrogen) atoms. The Morgan fingerprint density at radius 2 is 1.89 bits per heavy atom. The Hall–Kier alpha value is -3.22. The third-order valence-corrected chi connectivity index (χ3v) is 4.81. The van der Waals surface area contributed by atoms with E-state index in [1.807, 2.05) is 0 Å². The van der Waals surface area contributed by atoms with Gasteiger partial charge in [-0.3, -0.25) is 9.89 Å². The van der Waals surface area contributed by atoms with Crippen molar-refractivity contribution in [3.05, 3.63) is 77.5 Å². The fourth-order valence-corrected chi connectivity index (χ4v) is 3.45. The van der Waals surface area contributed by atoms with Gasteiger partial charge in [-0.2, -0.15) is 0 Å². The van der Waals surface area contributed by atoms with Crippen LogP contribution in [0.5, 0.6) is 11.6 Å². The molecule has 1 aromatic heterocycles. The number of H-pyrrole nitrogens is 1. The van der Waals surface area contributed by atoms with Crippen LogP contribution in [-0.2, 0) is 0 Å². The van der Waals surface area contributed by atoms with Gasteiger partial charge in [0.2, 0.25) is 5.88 Å². The minimum absolute atomic E-state index is 0.0728. The summed E-state index contributed by atoms with van der Waals surface area (Å²) in [7, 11) is 0. The molecule has 1 saturated heterocycles. The van der Waals surface area contributed by atoms with Crippen molar-refractivity contribution in [3.8, 4) is 11.6 Å². The van der Waals surface area contributed by atoms with Crippen molar-refractivity contribution >= 4 is 5.91 Å². The summed E-state index contributed by atoms with van der Waals surface area (Å²) in [6.45, 7) is 1.14. The van der Waals surface area contributed by atoms with Crippen LogP contribution in [-0.4, -0.2) is 34.1 Å². The average molecular weight is 383 g/mol. The lowest BCUT2D eigenvalue weighted by atomic mass is 9.94. The summed E-state index contributed by atoms with van der Waals surface area (Å²) in [5.41, 5.74) is 1.20. The van der Waals surface area contributed by atoms with Crippen LogP contribution < -0.4 is 4.74 Å². The van der Waals surface area contributed by atoms with E-state index in [0.29, 0.717) is 30.3 Å². The Morgan fingerprint density at radius 1 is 1.11 bits per heavy atom. The summed E-state index contributed by atoms with van der Waals surface area (Å²) >= 11 is 0. The van der Waals surface area contributed by atoms with Crippen molar-refractivity contribution in [2.45, 2.75) is 18.8 Å². The standard InChI is InChI=1S/C21H19F2N3O2/c22-16-6-1-4-14(10-16)21(27)26-9-3-5-15(13-26)19-12-20(25-24-19)28-18-8-2-7-17(23)11-18/h1-2,4,6-8,10-12,15H,3,5,9,13H2,(H,24,25)/t15-/m0/s1. The molecule has 0 bridgehead atoms. The highest BCUT2D eigenvalue weighted by atomic mass is 19.1. The number of nitrogens with zero attached hydrogens (tertiary/aromatic N) is 2. The molecule has 1 atom stereocenters. The summed E-state index contributed by atoms with van der Waals surface area (Å²) in [4.78, 5) is 14.4. The maximum atomic E-state index is 13.4. The molecular formula is C21H19F2N3O2. The second kappa shape index (κ2) is 7.80. The first-order valence-electron chi connectivity index (χ1n) is 9.12. The first kappa shape index (κ1) is 18.2. The number of amides is 1. The van der Waals surface area contributed by atoms with Gasteiger partial charge in [-0.15, -0.1) is 5.10 Å². The van der Waals surface area contributed by atoms with E-state index in [-0.39, 0.29) is 17.6 Å². The predicted molar refractivity (Wildman–Crippen MR) is 99.3 cm³/mol. The van der Waals surface area contributed by atoms with Crippen LogP contribution in [0, 0.1) is 11.6 Å². The quantitative estimate of drug-likeness (QED) is 0.722. The topological polar surface area (TPSA) is 58.2 Å². The van der Waals surface area contributed by atoms with Crippen LogP contribution in [0.1, 0.15) is 34.8 Å². The zero-order valence-electron chi connectivity index (χ0n) is 15.1. The van der Waals surface area contributed by atoms with Crippen molar-refractivity contribution < 1.29 is 18.3 Å². The zero-order chi connectivity index (χ0) is 19.5. The molecule has 1 aliphatic heterocycles. The van der Waals surface area contributed by atoms with Crippen molar-refractivity contribution in [2.24, 2.45) is 0 Å². The number of nitrogens with one attached hydrogen (secondary N) is 1. The minimum Gasteiger partial charge on any atom is -0.437 e. The van der Waals surface area contributed by atoms with Crippen LogP contribution in [0.25, 0.3) is 0 Å². The summed E-state index contributed by atoms with van der Waals surface area (Å²) in [6.07, 6.45) is 1.74. The van der Waals surface area contributed by atoms with E-state index in [1.54, 1.807) is 29.2 Å². The molecule has 1 fully saturated rings. The number of hydrogen-bond donors (Lipinski definition) is 1. The van der Waals surface area contributed by atoms with Crippen LogP contribution in [0.2, 0.25) is 0 Å². The summed E-state index contributed by atoms with van der Waals surface area (Å²) in [5, 5.41) is 7.09. The third-order valence-electron chi connectivity index (χ3n) is 4.81. The van der Waals surface area contributed by atoms with Crippen LogP contribution in [0.15, 0.2) is 54.6 Å². The maximum Gasteiger partial charge on any atom is 0.253 e. The molecule has 1 N–H and O–H groups in total. The van der Waals surface area contributed by atoms with Crippen molar-refractivity contribution in [1.82, 2.24) is 15.1 Å². The molecule has 2 heterocycles. The summed E-state index contributed by atoms with van der Waals surface area (Å²) in [5.74, 6) is -0.207. The van der Waals surface area contributed by atoms with E-state index in [4.69, 9.17) is 4.74 Å². The predicted octanol–water partition coefficient (Wildman–Crippen LogP) is 4.50. The van der Waals surface area contributed by atoms with Crippen molar-refractivity contribution in [3.63, 3.8) is 0 Å². The molecule has 0 radical (unpaired) electrons. The van der Waals surface area contributed by atoms with Gasteiger partial charge in [0, 0.05) is 42.4 Å². The smallest absolute Gasteiger partial charge is 0.253 e. The molecule has 2 aromatic carbocycles. The van der Waals surface area contributed by atoms with E-state index >= 15 is 0 Å². The first-order chi connectivity index (χ1) is 13.6. The minimum atomic E-state index is -0.424. The SMILES string of the molecule is O=C(c1cccc(F)c1)N1CCC[C@H](c2cc(Oc3cccc(F)c3)n[nH]2)C1. The Labute approximate surface area is 160 Å². The monoisotopic (exact) mass is 383 g/mol. The average Bonchev–Trinajstić information content (AvgIpc) is 3.16. The Balaban J connectivity index is 1.45. The Morgan fingerprint density at radius 3 is 2.68 bits per heavy atom. The number of likely N-dealkylation sites (tertiary alicyclic amines) is 1. The van der Waals surface area contributed by atoms with Gasteiger partial charge >= 0.3 is 0 Å². The molecule has 0 unspecified atom stereocenters. The number of halogens is 2. The van der Waals surface area contributed by atoms with E-state index in [2.05, 4.69) is 10.2 Å².